The van der Waals surface area contributed by atoms with Crippen molar-refractivity contribution in [3.05, 3.63) is 11.5 Å². The summed E-state index contributed by atoms with van der Waals surface area (Å²) in [6, 6.07) is -3.05. The average Bonchev–Trinajstić information content (AvgIpc) is 2.70. The third kappa shape index (κ3) is 17.9. The Hall–Kier alpha value is -3.16. The van der Waals surface area contributed by atoms with Crippen LogP contribution in [0.1, 0.15) is 68.7 Å². The molecular formula is C25H44N4O9S. The molecule has 0 spiro atoms. The average molecular weight is 577 g/mol. The molecule has 0 aliphatic heterocycles. The predicted octanol–water partition coefficient (Wildman–Crippen LogP) is 0.932. The third-order valence-electron chi connectivity index (χ3n) is 4.51. The zero-order valence-electron chi connectivity index (χ0n) is 24.5. The molecule has 0 saturated carbocycles. The molecule has 13 nitrogen and oxygen atoms in total. The normalized spacial score (nSPS) is 14.6. The Morgan fingerprint density at radius 2 is 1.36 bits per heavy atom. The summed E-state index contributed by atoms with van der Waals surface area (Å²) in [7, 11) is -3.54. The number of sulfone groups is 1. The number of nitrogens with one attached hydrogen (secondary N) is 4. The SMILES string of the molecule is CC(C)[C@H](NC(=O)[C@H](C)NC(=O)OC(C)(C)C)C(=O)NCC(=O)NC(/C=C/S(C)(=O)=O)CC(=O)OC(C)(C)C. The lowest BCUT2D eigenvalue weighted by molar-refractivity contribution is -0.155. The lowest BCUT2D eigenvalue weighted by Gasteiger charge is -2.25. The first kappa shape index (κ1) is 35.8. The minimum absolute atomic E-state index is 0.337. The van der Waals surface area contributed by atoms with E-state index in [9.17, 15) is 32.4 Å². The van der Waals surface area contributed by atoms with E-state index in [-0.39, 0.29) is 12.3 Å². The Morgan fingerprint density at radius 1 is 0.821 bits per heavy atom. The van der Waals surface area contributed by atoms with Crippen LogP contribution >= 0.6 is 0 Å². The third-order valence-corrected chi connectivity index (χ3v) is 5.16. The number of carbonyl (C=O) groups excluding carboxylic acids is 5. The minimum atomic E-state index is -3.54. The molecule has 0 aromatic rings. The van der Waals surface area contributed by atoms with E-state index in [1.807, 2.05) is 0 Å². The van der Waals surface area contributed by atoms with Gasteiger partial charge in [-0.05, 0) is 54.4 Å². The molecule has 0 aliphatic rings. The summed E-state index contributed by atoms with van der Waals surface area (Å²) in [4.78, 5) is 61.9. The first-order chi connectivity index (χ1) is 17.5. The maximum absolute atomic E-state index is 12.7. The lowest BCUT2D eigenvalue weighted by atomic mass is 10.0. The van der Waals surface area contributed by atoms with Crippen molar-refractivity contribution in [1.29, 1.82) is 0 Å². The van der Waals surface area contributed by atoms with E-state index < -0.39 is 75.5 Å². The number of hydrogen-bond acceptors (Lipinski definition) is 9. The largest absolute Gasteiger partial charge is 0.460 e. The summed E-state index contributed by atoms with van der Waals surface area (Å²) in [5, 5.41) is 10.7. The Balaban J connectivity index is 5.20. The van der Waals surface area contributed by atoms with Crippen LogP contribution in [0.3, 0.4) is 0 Å². The first-order valence-corrected chi connectivity index (χ1v) is 14.4. The molecule has 0 heterocycles. The Bertz CT molecular complexity index is 1030. The molecule has 14 heteroatoms. The highest BCUT2D eigenvalue weighted by Gasteiger charge is 2.28. The predicted molar refractivity (Wildman–Crippen MR) is 145 cm³/mol. The molecule has 4 N–H and O–H groups in total. The molecule has 0 saturated heterocycles. The van der Waals surface area contributed by atoms with Crippen molar-refractivity contribution in [2.75, 3.05) is 12.8 Å². The number of hydrogen-bond donors (Lipinski definition) is 4. The lowest BCUT2D eigenvalue weighted by Crippen LogP contribution is -2.56. The quantitative estimate of drug-likeness (QED) is 0.245. The number of carbonyl (C=O) groups is 5. The number of ether oxygens (including phenoxy) is 2. The van der Waals surface area contributed by atoms with Crippen molar-refractivity contribution in [2.45, 2.75) is 98.1 Å². The van der Waals surface area contributed by atoms with Gasteiger partial charge in [0.05, 0.1) is 19.0 Å². The smallest absolute Gasteiger partial charge is 0.408 e. The summed E-state index contributed by atoms with van der Waals surface area (Å²) < 4.78 is 33.4. The summed E-state index contributed by atoms with van der Waals surface area (Å²) in [6.07, 6.45) is 0.976. The number of rotatable bonds is 12. The van der Waals surface area contributed by atoms with Gasteiger partial charge in [-0.3, -0.25) is 19.2 Å². The van der Waals surface area contributed by atoms with E-state index in [4.69, 9.17) is 9.47 Å². The van der Waals surface area contributed by atoms with Gasteiger partial charge in [0, 0.05) is 11.7 Å². The van der Waals surface area contributed by atoms with E-state index in [1.165, 1.54) is 6.92 Å². The van der Waals surface area contributed by atoms with Crippen LogP contribution in [0.25, 0.3) is 0 Å². The van der Waals surface area contributed by atoms with Crippen molar-refractivity contribution < 1.29 is 41.9 Å². The van der Waals surface area contributed by atoms with E-state index in [0.29, 0.717) is 0 Å². The van der Waals surface area contributed by atoms with Crippen molar-refractivity contribution in [3.63, 3.8) is 0 Å². The zero-order chi connectivity index (χ0) is 30.8. The van der Waals surface area contributed by atoms with Gasteiger partial charge in [-0.1, -0.05) is 19.9 Å². The van der Waals surface area contributed by atoms with Gasteiger partial charge in [-0.15, -0.1) is 0 Å². The molecule has 0 aromatic heterocycles. The molecule has 1 unspecified atom stereocenters. The van der Waals surface area contributed by atoms with Crippen molar-refractivity contribution in [3.8, 4) is 0 Å². The monoisotopic (exact) mass is 576 g/mol. The molecule has 39 heavy (non-hydrogen) atoms. The molecule has 0 aromatic carbocycles. The zero-order valence-corrected chi connectivity index (χ0v) is 25.3. The standard InChI is InChI=1S/C25H44N4O9S/c1-15(2)20(29-21(32)16(3)27-23(34)38-25(7,8)9)22(33)26-14-18(30)28-17(11-12-39(10,35)36)13-19(31)37-24(4,5)6/h11-12,15-17,20H,13-14H2,1-10H3,(H,26,33)(H,27,34)(H,28,30)(H,29,32)/b12-11+/t16-,17?,20-/m0/s1. The molecule has 0 aliphatic carbocycles. The number of alkyl carbamates (subject to hydrolysis) is 1. The van der Waals surface area contributed by atoms with E-state index in [0.717, 1.165) is 17.7 Å². The fraction of sp³-hybridized carbons (Fsp3) is 0.720. The Morgan fingerprint density at radius 3 is 1.82 bits per heavy atom. The highest BCUT2D eigenvalue weighted by molar-refractivity contribution is 7.93. The van der Waals surface area contributed by atoms with Crippen LogP contribution in [0.4, 0.5) is 4.79 Å². The van der Waals surface area contributed by atoms with Crippen LogP contribution in [0.2, 0.25) is 0 Å². The summed E-state index contributed by atoms with van der Waals surface area (Å²) in [5.74, 6) is -3.03. The summed E-state index contributed by atoms with van der Waals surface area (Å²) in [5.41, 5.74) is -1.54. The minimum Gasteiger partial charge on any atom is -0.460 e. The van der Waals surface area contributed by atoms with Crippen LogP contribution in [0.5, 0.6) is 0 Å². The van der Waals surface area contributed by atoms with Gasteiger partial charge < -0.3 is 30.7 Å². The van der Waals surface area contributed by atoms with Crippen molar-refractivity contribution >= 4 is 39.6 Å². The van der Waals surface area contributed by atoms with Gasteiger partial charge in [0.15, 0.2) is 9.84 Å². The fourth-order valence-electron chi connectivity index (χ4n) is 2.87. The van der Waals surface area contributed by atoms with Crippen LogP contribution in [0, 0.1) is 5.92 Å². The van der Waals surface area contributed by atoms with Gasteiger partial charge in [-0.2, -0.15) is 0 Å². The van der Waals surface area contributed by atoms with Gasteiger partial charge in [0.25, 0.3) is 0 Å². The Kier molecular flexibility index (Phi) is 13.6. The topological polar surface area (TPSA) is 186 Å². The second kappa shape index (κ2) is 14.8. The Labute approximate surface area is 231 Å². The molecule has 0 rings (SSSR count). The highest BCUT2D eigenvalue weighted by Crippen LogP contribution is 2.10. The maximum Gasteiger partial charge on any atom is 0.408 e. The molecule has 224 valence electrons. The fourth-order valence-corrected chi connectivity index (χ4v) is 3.34. The van der Waals surface area contributed by atoms with Gasteiger partial charge in [-0.25, -0.2) is 13.2 Å². The van der Waals surface area contributed by atoms with Gasteiger partial charge in [0.2, 0.25) is 17.7 Å². The van der Waals surface area contributed by atoms with Crippen LogP contribution in [0.15, 0.2) is 11.5 Å². The van der Waals surface area contributed by atoms with E-state index in [1.54, 1.807) is 55.4 Å². The summed E-state index contributed by atoms with van der Waals surface area (Å²) in [6.45, 7) is 14.3. The van der Waals surface area contributed by atoms with Gasteiger partial charge in [0.1, 0.15) is 23.3 Å². The van der Waals surface area contributed by atoms with Crippen LogP contribution in [-0.4, -0.2) is 80.3 Å². The molecule has 0 fully saturated rings. The molecule has 3 atom stereocenters. The van der Waals surface area contributed by atoms with E-state index in [2.05, 4.69) is 21.3 Å². The first-order valence-electron chi connectivity index (χ1n) is 12.5. The van der Waals surface area contributed by atoms with E-state index >= 15 is 0 Å². The molecule has 4 amide bonds. The van der Waals surface area contributed by atoms with Crippen molar-refractivity contribution in [1.82, 2.24) is 21.3 Å². The molecular weight excluding hydrogens is 532 g/mol. The van der Waals surface area contributed by atoms with Crippen molar-refractivity contribution in [2.24, 2.45) is 5.92 Å². The number of amides is 4. The summed E-state index contributed by atoms with van der Waals surface area (Å²) >= 11 is 0. The van der Waals surface area contributed by atoms with Gasteiger partial charge >= 0.3 is 12.1 Å². The molecule has 0 radical (unpaired) electrons. The maximum atomic E-state index is 12.7. The van der Waals surface area contributed by atoms with Crippen LogP contribution < -0.4 is 21.3 Å². The molecule has 0 bridgehead atoms. The number of esters is 1. The second-order valence-electron chi connectivity index (χ2n) is 11.4. The highest BCUT2D eigenvalue weighted by atomic mass is 32.2. The van der Waals surface area contributed by atoms with Crippen LogP contribution in [-0.2, 0) is 38.5 Å². The second-order valence-corrected chi connectivity index (χ2v) is 13.4.